The van der Waals surface area contributed by atoms with Crippen molar-refractivity contribution in [3.05, 3.63) is 42.1 Å². The zero-order valence-corrected chi connectivity index (χ0v) is 13.4. The summed E-state index contributed by atoms with van der Waals surface area (Å²) in [4.78, 5) is 13.3. The van der Waals surface area contributed by atoms with Crippen LogP contribution in [0.3, 0.4) is 0 Å². The lowest BCUT2D eigenvalue weighted by molar-refractivity contribution is 0.368. The van der Waals surface area contributed by atoms with Gasteiger partial charge in [-0.1, -0.05) is 25.5 Å². The highest BCUT2D eigenvalue weighted by Crippen LogP contribution is 2.25. The Hall–Kier alpha value is -3.20. The molecule has 0 fully saturated rings. The summed E-state index contributed by atoms with van der Waals surface area (Å²) < 4.78 is 5.35. The minimum Gasteiger partial charge on any atom is -0.479 e. The third kappa shape index (κ3) is 3.25. The van der Waals surface area contributed by atoms with E-state index in [1.807, 2.05) is 42.5 Å². The van der Waals surface area contributed by atoms with Crippen molar-refractivity contribution < 1.29 is 4.74 Å². The van der Waals surface area contributed by atoms with Gasteiger partial charge in [0, 0.05) is 5.56 Å². The van der Waals surface area contributed by atoms with E-state index in [2.05, 4.69) is 16.9 Å². The number of ether oxygens (including phenoxy) is 1. The van der Waals surface area contributed by atoms with Crippen molar-refractivity contribution in [3.63, 3.8) is 0 Å². The van der Waals surface area contributed by atoms with E-state index in [-0.39, 0.29) is 12.6 Å². The standard InChI is InChI=1S/C18H17N5O/c1-2-4-15-17-16(23-18(20)22-15)8-7-14(21-17)12-5-3-6-13(11-12)24-10-9-19/h3,5-8,11H,2,4,10H2,1H3,(H2,20,22,23). The molecule has 0 aliphatic rings. The molecule has 120 valence electrons. The number of nitrogens with zero attached hydrogens (tertiary/aromatic N) is 4. The molecule has 0 saturated carbocycles. The fraction of sp³-hybridized carbons (Fsp3) is 0.222. The van der Waals surface area contributed by atoms with E-state index in [9.17, 15) is 0 Å². The van der Waals surface area contributed by atoms with E-state index in [0.717, 1.165) is 40.8 Å². The van der Waals surface area contributed by atoms with Gasteiger partial charge in [-0.25, -0.2) is 15.0 Å². The predicted octanol–water partition coefficient (Wildman–Crippen LogP) is 3.13. The van der Waals surface area contributed by atoms with Crippen LogP contribution < -0.4 is 10.5 Å². The molecule has 24 heavy (non-hydrogen) atoms. The van der Waals surface area contributed by atoms with Gasteiger partial charge < -0.3 is 10.5 Å². The van der Waals surface area contributed by atoms with Gasteiger partial charge in [0.1, 0.15) is 17.3 Å². The summed E-state index contributed by atoms with van der Waals surface area (Å²) in [5, 5.41) is 8.62. The molecule has 0 aliphatic heterocycles. The van der Waals surface area contributed by atoms with Gasteiger partial charge >= 0.3 is 0 Å². The Morgan fingerprint density at radius 1 is 1.17 bits per heavy atom. The maximum Gasteiger partial charge on any atom is 0.220 e. The van der Waals surface area contributed by atoms with Crippen LogP contribution in [-0.2, 0) is 6.42 Å². The molecule has 0 radical (unpaired) electrons. The van der Waals surface area contributed by atoms with Crippen LogP contribution in [0.4, 0.5) is 5.95 Å². The number of nitriles is 1. The lowest BCUT2D eigenvalue weighted by Crippen LogP contribution is -2.02. The van der Waals surface area contributed by atoms with Crippen LogP contribution in [0.2, 0.25) is 0 Å². The summed E-state index contributed by atoms with van der Waals surface area (Å²) in [5.41, 5.74) is 9.86. The molecule has 6 nitrogen and oxygen atoms in total. The molecule has 0 bridgehead atoms. The lowest BCUT2D eigenvalue weighted by Gasteiger charge is -2.08. The molecule has 2 aromatic heterocycles. The molecular formula is C18H17N5O. The van der Waals surface area contributed by atoms with Crippen LogP contribution in [0.1, 0.15) is 19.0 Å². The summed E-state index contributed by atoms with van der Waals surface area (Å²) in [7, 11) is 0. The van der Waals surface area contributed by atoms with E-state index in [1.54, 1.807) is 0 Å². The van der Waals surface area contributed by atoms with E-state index >= 15 is 0 Å². The number of anilines is 1. The summed E-state index contributed by atoms with van der Waals surface area (Å²) in [6.45, 7) is 2.10. The number of hydrogen-bond donors (Lipinski definition) is 1. The fourth-order valence-electron chi connectivity index (χ4n) is 2.53. The second-order valence-electron chi connectivity index (χ2n) is 5.32. The quantitative estimate of drug-likeness (QED) is 0.776. The Morgan fingerprint density at radius 2 is 2.04 bits per heavy atom. The molecule has 1 aromatic carbocycles. The van der Waals surface area contributed by atoms with Gasteiger partial charge in [0.05, 0.1) is 16.9 Å². The average Bonchev–Trinajstić information content (AvgIpc) is 2.60. The van der Waals surface area contributed by atoms with E-state index < -0.39 is 0 Å². The highest BCUT2D eigenvalue weighted by molar-refractivity contribution is 5.81. The Bertz CT molecular complexity index is 917. The number of benzene rings is 1. The molecule has 2 heterocycles. The van der Waals surface area contributed by atoms with Crippen molar-refractivity contribution in [3.8, 4) is 23.1 Å². The van der Waals surface area contributed by atoms with Gasteiger partial charge in [-0.05, 0) is 30.7 Å². The minimum atomic E-state index is 0.0162. The average molecular weight is 319 g/mol. The number of pyridine rings is 1. The zero-order valence-electron chi connectivity index (χ0n) is 13.4. The monoisotopic (exact) mass is 319 g/mol. The first-order valence-corrected chi connectivity index (χ1v) is 7.74. The summed E-state index contributed by atoms with van der Waals surface area (Å²) in [6.07, 6.45) is 1.75. The Morgan fingerprint density at radius 3 is 2.83 bits per heavy atom. The first kappa shape index (κ1) is 15.7. The predicted molar refractivity (Wildman–Crippen MR) is 92.3 cm³/mol. The third-order valence-corrected chi connectivity index (χ3v) is 3.55. The molecule has 3 aromatic rings. The van der Waals surface area contributed by atoms with Crippen molar-refractivity contribution in [2.45, 2.75) is 19.8 Å². The molecule has 3 rings (SSSR count). The zero-order chi connectivity index (χ0) is 16.9. The smallest absolute Gasteiger partial charge is 0.220 e. The van der Waals surface area contributed by atoms with Crippen LogP contribution >= 0.6 is 0 Å². The van der Waals surface area contributed by atoms with Gasteiger partial charge in [-0.3, -0.25) is 0 Å². The molecule has 2 N–H and O–H groups in total. The molecule has 0 atom stereocenters. The van der Waals surface area contributed by atoms with Gasteiger partial charge in [0.25, 0.3) is 0 Å². The highest BCUT2D eigenvalue weighted by Gasteiger charge is 2.10. The fourth-order valence-corrected chi connectivity index (χ4v) is 2.53. The van der Waals surface area contributed by atoms with Crippen LogP contribution in [-0.4, -0.2) is 21.6 Å². The summed E-state index contributed by atoms with van der Waals surface area (Å²) in [6, 6.07) is 13.3. The number of fused-ring (bicyclic) bond motifs is 1. The summed E-state index contributed by atoms with van der Waals surface area (Å²) >= 11 is 0. The van der Waals surface area contributed by atoms with Gasteiger partial charge in [0.15, 0.2) is 6.61 Å². The van der Waals surface area contributed by atoms with E-state index in [0.29, 0.717) is 5.75 Å². The SMILES string of the molecule is CCCc1nc(N)nc2ccc(-c3cccc(OCC#N)c3)nc12. The van der Waals surface area contributed by atoms with Crippen molar-refractivity contribution in [1.29, 1.82) is 5.26 Å². The van der Waals surface area contributed by atoms with Crippen LogP contribution in [0.5, 0.6) is 5.75 Å². The van der Waals surface area contributed by atoms with Crippen LogP contribution in [0, 0.1) is 11.3 Å². The maximum atomic E-state index is 8.62. The highest BCUT2D eigenvalue weighted by atomic mass is 16.5. The van der Waals surface area contributed by atoms with Gasteiger partial charge in [-0.15, -0.1) is 0 Å². The summed E-state index contributed by atoms with van der Waals surface area (Å²) in [5.74, 6) is 0.908. The maximum absolute atomic E-state index is 8.62. The van der Waals surface area contributed by atoms with E-state index in [4.69, 9.17) is 20.7 Å². The normalized spacial score (nSPS) is 10.5. The number of aryl methyl sites for hydroxylation is 1. The topological polar surface area (TPSA) is 97.7 Å². The Balaban J connectivity index is 2.06. The Kier molecular flexibility index (Phi) is 4.52. The van der Waals surface area contributed by atoms with Crippen molar-refractivity contribution in [1.82, 2.24) is 15.0 Å². The van der Waals surface area contributed by atoms with Gasteiger partial charge in [0.2, 0.25) is 5.95 Å². The second kappa shape index (κ2) is 6.92. The molecule has 0 unspecified atom stereocenters. The molecule has 0 saturated heterocycles. The van der Waals surface area contributed by atoms with Crippen LogP contribution in [0.25, 0.3) is 22.3 Å². The first-order valence-electron chi connectivity index (χ1n) is 7.74. The van der Waals surface area contributed by atoms with Crippen molar-refractivity contribution in [2.75, 3.05) is 12.3 Å². The molecule has 0 spiro atoms. The third-order valence-electron chi connectivity index (χ3n) is 3.55. The van der Waals surface area contributed by atoms with Crippen LogP contribution in [0.15, 0.2) is 36.4 Å². The van der Waals surface area contributed by atoms with Crippen molar-refractivity contribution in [2.24, 2.45) is 0 Å². The number of rotatable bonds is 5. The number of aromatic nitrogens is 3. The largest absolute Gasteiger partial charge is 0.479 e. The molecule has 0 aliphatic carbocycles. The molecule has 6 heteroatoms. The number of hydrogen-bond acceptors (Lipinski definition) is 6. The second-order valence-corrected chi connectivity index (χ2v) is 5.32. The van der Waals surface area contributed by atoms with Crippen molar-refractivity contribution >= 4 is 17.0 Å². The lowest BCUT2D eigenvalue weighted by atomic mass is 10.1. The minimum absolute atomic E-state index is 0.0162. The van der Waals surface area contributed by atoms with E-state index in [1.165, 1.54) is 0 Å². The Labute approximate surface area is 139 Å². The molecular weight excluding hydrogens is 302 g/mol. The number of nitrogen functional groups attached to an aromatic ring is 1. The number of nitrogens with two attached hydrogens (primary N) is 1. The first-order chi connectivity index (χ1) is 11.7. The van der Waals surface area contributed by atoms with Gasteiger partial charge in [-0.2, -0.15) is 5.26 Å². The molecule has 0 amide bonds.